The van der Waals surface area contributed by atoms with E-state index in [1.807, 2.05) is 12.1 Å². The molecule has 1 rings (SSSR count). The van der Waals surface area contributed by atoms with Crippen molar-refractivity contribution in [2.24, 2.45) is 0 Å². The molecular weight excluding hydrogens is 368 g/mol. The van der Waals surface area contributed by atoms with Crippen molar-refractivity contribution < 1.29 is 9.53 Å². The van der Waals surface area contributed by atoms with Crippen LogP contribution in [0.15, 0.2) is 24.3 Å². The molecule has 0 aliphatic rings. The van der Waals surface area contributed by atoms with Crippen LogP contribution in [0.2, 0.25) is 0 Å². The summed E-state index contributed by atoms with van der Waals surface area (Å²) < 4.78 is 5.72. The topological polar surface area (TPSA) is 26.3 Å². The fraction of sp³-hybridized carbons (Fsp3) is 0.750. The van der Waals surface area contributed by atoms with Crippen molar-refractivity contribution in [1.82, 2.24) is 0 Å². The highest BCUT2D eigenvalue weighted by Crippen LogP contribution is 2.15. The van der Waals surface area contributed by atoms with Crippen LogP contribution >= 0.6 is 0 Å². The summed E-state index contributed by atoms with van der Waals surface area (Å²) >= 11 is 0. The third-order valence-electron chi connectivity index (χ3n) is 6.03. The first-order valence-corrected chi connectivity index (χ1v) is 13.0. The predicted octanol–water partition coefficient (Wildman–Crippen LogP) is 9.31. The Kier molecular flexibility index (Phi) is 18.7. The van der Waals surface area contributed by atoms with E-state index >= 15 is 0 Å². The summed E-state index contributed by atoms with van der Waals surface area (Å²) in [5.74, 6) is 0.864. The number of rotatable bonds is 22. The normalized spacial score (nSPS) is 11.0. The van der Waals surface area contributed by atoms with Gasteiger partial charge in [0.2, 0.25) is 0 Å². The van der Waals surface area contributed by atoms with E-state index in [-0.39, 0.29) is 0 Å². The molecule has 172 valence electrons. The Morgan fingerprint density at radius 2 is 0.933 bits per heavy atom. The number of aldehydes is 1. The van der Waals surface area contributed by atoms with Crippen LogP contribution in [0.1, 0.15) is 139 Å². The van der Waals surface area contributed by atoms with Crippen molar-refractivity contribution in [3.05, 3.63) is 29.8 Å². The zero-order chi connectivity index (χ0) is 21.5. The maximum Gasteiger partial charge on any atom is 0.150 e. The van der Waals surface area contributed by atoms with Gasteiger partial charge in [0.15, 0.2) is 0 Å². The molecule has 0 aromatic heterocycles. The van der Waals surface area contributed by atoms with Crippen molar-refractivity contribution in [2.45, 2.75) is 129 Å². The standard InChI is InChI=1S/C28H48O2/c1-2-3-4-5-6-7-8-9-10-11-12-13-14-15-16-17-18-19-20-25-30-28-23-21-27(26-29)22-24-28/h21-24,26H,2-20,25H2,1H3. The molecule has 1 aromatic carbocycles. The van der Waals surface area contributed by atoms with Crippen LogP contribution in [-0.4, -0.2) is 12.9 Å². The Labute approximate surface area is 187 Å². The molecule has 2 nitrogen and oxygen atoms in total. The third kappa shape index (κ3) is 16.5. The second-order valence-corrected chi connectivity index (χ2v) is 8.90. The van der Waals surface area contributed by atoms with Gasteiger partial charge in [-0.1, -0.05) is 122 Å². The number of benzene rings is 1. The molecule has 0 atom stereocenters. The molecule has 2 heteroatoms. The molecule has 30 heavy (non-hydrogen) atoms. The Balaban J connectivity index is 1.72. The van der Waals surface area contributed by atoms with E-state index in [4.69, 9.17) is 4.74 Å². The smallest absolute Gasteiger partial charge is 0.150 e. The molecule has 0 saturated heterocycles. The van der Waals surface area contributed by atoms with Gasteiger partial charge in [0.25, 0.3) is 0 Å². The molecule has 0 radical (unpaired) electrons. The Morgan fingerprint density at radius 1 is 0.567 bits per heavy atom. The monoisotopic (exact) mass is 416 g/mol. The number of hydrogen-bond acceptors (Lipinski definition) is 2. The van der Waals surface area contributed by atoms with Crippen LogP contribution in [-0.2, 0) is 0 Å². The van der Waals surface area contributed by atoms with E-state index in [9.17, 15) is 4.79 Å². The number of carbonyl (C=O) groups excluding carboxylic acids is 1. The van der Waals surface area contributed by atoms with Gasteiger partial charge < -0.3 is 4.74 Å². The molecule has 0 aliphatic carbocycles. The van der Waals surface area contributed by atoms with Gasteiger partial charge in [-0.2, -0.15) is 0 Å². The molecule has 0 fully saturated rings. The fourth-order valence-electron chi connectivity index (χ4n) is 4.01. The SMILES string of the molecule is CCCCCCCCCCCCCCCCCCCCCOc1ccc(C=O)cc1. The molecule has 0 aliphatic heterocycles. The molecule has 0 unspecified atom stereocenters. The van der Waals surface area contributed by atoms with Crippen molar-refractivity contribution in [3.8, 4) is 5.75 Å². The first-order valence-electron chi connectivity index (χ1n) is 13.0. The molecule has 0 N–H and O–H groups in total. The number of hydrogen-bond donors (Lipinski definition) is 0. The van der Waals surface area contributed by atoms with Crippen LogP contribution in [0.3, 0.4) is 0 Å². The Hall–Kier alpha value is -1.31. The van der Waals surface area contributed by atoms with E-state index in [1.165, 1.54) is 116 Å². The highest BCUT2D eigenvalue weighted by molar-refractivity contribution is 5.74. The zero-order valence-corrected chi connectivity index (χ0v) is 19.8. The van der Waals surface area contributed by atoms with Crippen LogP contribution in [0, 0.1) is 0 Å². The minimum absolute atomic E-state index is 0.700. The number of unbranched alkanes of at least 4 members (excludes halogenated alkanes) is 18. The van der Waals surface area contributed by atoms with Gasteiger partial charge >= 0.3 is 0 Å². The van der Waals surface area contributed by atoms with E-state index in [1.54, 1.807) is 12.1 Å². The lowest BCUT2D eigenvalue weighted by Gasteiger charge is -2.06. The maximum atomic E-state index is 10.6. The van der Waals surface area contributed by atoms with Crippen molar-refractivity contribution in [1.29, 1.82) is 0 Å². The van der Waals surface area contributed by atoms with Gasteiger partial charge in [-0.3, -0.25) is 4.79 Å². The molecule has 0 saturated carbocycles. The van der Waals surface area contributed by atoms with Gasteiger partial charge in [0, 0.05) is 5.56 Å². The first kappa shape index (κ1) is 26.7. The van der Waals surface area contributed by atoms with Crippen molar-refractivity contribution in [2.75, 3.05) is 6.61 Å². The number of carbonyl (C=O) groups is 1. The maximum absolute atomic E-state index is 10.6. The lowest BCUT2D eigenvalue weighted by Crippen LogP contribution is -1.97. The van der Waals surface area contributed by atoms with Gasteiger partial charge in [0.05, 0.1) is 6.61 Å². The summed E-state index contributed by atoms with van der Waals surface area (Å²) in [6, 6.07) is 7.36. The lowest BCUT2D eigenvalue weighted by molar-refractivity contribution is 0.112. The molecule has 0 bridgehead atoms. The van der Waals surface area contributed by atoms with E-state index in [0.29, 0.717) is 5.56 Å². The van der Waals surface area contributed by atoms with E-state index in [2.05, 4.69) is 6.92 Å². The summed E-state index contributed by atoms with van der Waals surface area (Å²) in [4.78, 5) is 10.6. The van der Waals surface area contributed by atoms with Crippen LogP contribution in [0.5, 0.6) is 5.75 Å². The molecule has 0 heterocycles. The average Bonchev–Trinajstić information content (AvgIpc) is 2.78. The predicted molar refractivity (Wildman–Crippen MR) is 131 cm³/mol. The molecule has 0 amide bonds. The summed E-state index contributed by atoms with van der Waals surface area (Å²) in [5, 5.41) is 0. The summed E-state index contributed by atoms with van der Waals surface area (Å²) in [7, 11) is 0. The highest BCUT2D eigenvalue weighted by Gasteiger charge is 1.97. The summed E-state index contributed by atoms with van der Waals surface area (Å²) in [6.07, 6.45) is 27.5. The largest absolute Gasteiger partial charge is 0.494 e. The number of ether oxygens (including phenoxy) is 1. The highest BCUT2D eigenvalue weighted by atomic mass is 16.5. The minimum atomic E-state index is 0.700. The zero-order valence-electron chi connectivity index (χ0n) is 19.8. The Morgan fingerprint density at radius 3 is 1.30 bits per heavy atom. The fourth-order valence-corrected chi connectivity index (χ4v) is 4.01. The van der Waals surface area contributed by atoms with Crippen LogP contribution in [0.25, 0.3) is 0 Å². The second-order valence-electron chi connectivity index (χ2n) is 8.90. The quantitative estimate of drug-likeness (QED) is 0.139. The van der Waals surface area contributed by atoms with E-state index < -0.39 is 0 Å². The molecule has 0 spiro atoms. The first-order chi connectivity index (χ1) is 14.9. The molecular formula is C28H48O2. The van der Waals surface area contributed by atoms with Crippen molar-refractivity contribution in [3.63, 3.8) is 0 Å². The second kappa shape index (κ2) is 20.9. The van der Waals surface area contributed by atoms with Crippen LogP contribution in [0.4, 0.5) is 0 Å². The minimum Gasteiger partial charge on any atom is -0.494 e. The van der Waals surface area contributed by atoms with Gasteiger partial charge in [0.1, 0.15) is 12.0 Å². The van der Waals surface area contributed by atoms with Gasteiger partial charge in [-0.25, -0.2) is 0 Å². The van der Waals surface area contributed by atoms with Gasteiger partial charge in [-0.05, 0) is 30.7 Å². The third-order valence-corrected chi connectivity index (χ3v) is 6.03. The van der Waals surface area contributed by atoms with Crippen molar-refractivity contribution >= 4 is 6.29 Å². The van der Waals surface area contributed by atoms with Crippen LogP contribution < -0.4 is 4.74 Å². The summed E-state index contributed by atoms with van der Waals surface area (Å²) in [5.41, 5.74) is 0.700. The lowest BCUT2D eigenvalue weighted by atomic mass is 10.0. The average molecular weight is 417 g/mol. The van der Waals surface area contributed by atoms with Gasteiger partial charge in [-0.15, -0.1) is 0 Å². The van der Waals surface area contributed by atoms with E-state index in [0.717, 1.165) is 25.1 Å². The summed E-state index contributed by atoms with van der Waals surface area (Å²) in [6.45, 7) is 3.07. The Bertz CT molecular complexity index is 480. The molecule has 1 aromatic rings.